The molecule has 2 aromatic carbocycles. The summed E-state index contributed by atoms with van der Waals surface area (Å²) in [7, 11) is 0. The molecule has 1 atom stereocenters. The molecular weight excluding hydrogens is 374 g/mol. The van der Waals surface area contributed by atoms with Gasteiger partial charge in [-0.1, -0.05) is 60.2 Å². The molecule has 1 aliphatic rings. The van der Waals surface area contributed by atoms with E-state index in [9.17, 15) is 9.59 Å². The van der Waals surface area contributed by atoms with Gasteiger partial charge in [0, 0.05) is 38.8 Å². The largest absolute Gasteiger partial charge is 0.341 e. The molecule has 2 amide bonds. The van der Waals surface area contributed by atoms with E-state index in [-0.39, 0.29) is 11.8 Å². The first-order valence-corrected chi connectivity index (χ1v) is 10.6. The lowest BCUT2D eigenvalue weighted by atomic mass is 10.1. The van der Waals surface area contributed by atoms with E-state index in [1.165, 1.54) is 17.2 Å². The van der Waals surface area contributed by atoms with Crippen LogP contribution in [0.2, 0.25) is 0 Å². The number of carbonyl (C=O) groups excluding carboxylic acids is 2. The van der Waals surface area contributed by atoms with Gasteiger partial charge in [0.05, 0.1) is 0 Å². The van der Waals surface area contributed by atoms with Crippen molar-refractivity contribution in [3.8, 4) is 0 Å². The fourth-order valence-corrected chi connectivity index (χ4v) is 3.63. The van der Waals surface area contributed by atoms with Crippen LogP contribution in [0.4, 0.5) is 0 Å². The molecular formula is C25H31N3O2. The van der Waals surface area contributed by atoms with Gasteiger partial charge in [0.25, 0.3) is 0 Å². The first-order valence-electron chi connectivity index (χ1n) is 10.6. The molecule has 1 N–H and O–H groups in total. The Morgan fingerprint density at radius 3 is 2.47 bits per heavy atom. The Hall–Kier alpha value is -2.92. The maximum absolute atomic E-state index is 12.8. The zero-order valence-corrected chi connectivity index (χ0v) is 17.9. The summed E-state index contributed by atoms with van der Waals surface area (Å²) in [4.78, 5) is 29.3. The van der Waals surface area contributed by atoms with Gasteiger partial charge in [0.2, 0.25) is 11.8 Å². The van der Waals surface area contributed by atoms with Crippen molar-refractivity contribution in [3.05, 3.63) is 77.4 Å². The summed E-state index contributed by atoms with van der Waals surface area (Å²) in [5.74, 6) is -0.274. The number of nitrogens with zero attached hydrogens (tertiary/aromatic N) is 2. The number of hydrogen-bond donors (Lipinski definition) is 1. The molecule has 0 aromatic heterocycles. The van der Waals surface area contributed by atoms with Crippen molar-refractivity contribution in [2.45, 2.75) is 32.9 Å². The summed E-state index contributed by atoms with van der Waals surface area (Å²) in [5.41, 5.74) is 3.51. The van der Waals surface area contributed by atoms with E-state index in [1.807, 2.05) is 35.2 Å². The number of rotatable bonds is 6. The quantitative estimate of drug-likeness (QED) is 0.751. The molecule has 5 heteroatoms. The number of hydrogen-bond acceptors (Lipinski definition) is 3. The third kappa shape index (κ3) is 6.56. The van der Waals surface area contributed by atoms with Crippen LogP contribution < -0.4 is 5.32 Å². The fraction of sp³-hybridized carbons (Fsp3) is 0.360. The molecule has 0 aliphatic carbocycles. The highest BCUT2D eigenvalue weighted by Gasteiger charge is 2.24. The Bertz CT molecular complexity index is 862. The highest BCUT2D eigenvalue weighted by Crippen LogP contribution is 2.11. The molecule has 0 saturated carbocycles. The Labute approximate surface area is 179 Å². The minimum absolute atomic E-state index is 0.0198. The van der Waals surface area contributed by atoms with Crippen LogP contribution in [0, 0.1) is 6.92 Å². The number of carbonyl (C=O) groups is 2. The number of amides is 2. The third-order valence-electron chi connectivity index (χ3n) is 5.38. The molecule has 158 valence electrons. The van der Waals surface area contributed by atoms with E-state index in [0.717, 1.165) is 38.2 Å². The number of aryl methyl sites for hydroxylation is 1. The van der Waals surface area contributed by atoms with Crippen LogP contribution in [0.25, 0.3) is 6.08 Å². The van der Waals surface area contributed by atoms with Gasteiger partial charge in [-0.05, 0) is 37.5 Å². The van der Waals surface area contributed by atoms with E-state index in [2.05, 4.69) is 41.4 Å². The summed E-state index contributed by atoms with van der Waals surface area (Å²) in [6, 6.07) is 17.7. The average Bonchev–Trinajstić information content (AvgIpc) is 2.99. The van der Waals surface area contributed by atoms with Crippen LogP contribution in [0.5, 0.6) is 0 Å². The Morgan fingerprint density at radius 2 is 1.73 bits per heavy atom. The minimum Gasteiger partial charge on any atom is -0.341 e. The van der Waals surface area contributed by atoms with Crippen molar-refractivity contribution in [1.82, 2.24) is 15.1 Å². The second-order valence-electron chi connectivity index (χ2n) is 7.91. The first-order chi connectivity index (χ1) is 14.5. The van der Waals surface area contributed by atoms with Crippen molar-refractivity contribution >= 4 is 17.9 Å². The molecule has 1 heterocycles. The van der Waals surface area contributed by atoms with E-state index < -0.39 is 6.04 Å². The Kier molecular flexibility index (Phi) is 7.80. The zero-order chi connectivity index (χ0) is 21.3. The summed E-state index contributed by atoms with van der Waals surface area (Å²) >= 11 is 0. The molecule has 1 fully saturated rings. The molecule has 5 nitrogen and oxygen atoms in total. The summed E-state index contributed by atoms with van der Waals surface area (Å²) in [6.07, 6.45) is 4.17. The Morgan fingerprint density at radius 1 is 1.00 bits per heavy atom. The SMILES string of the molecule is Cc1ccc(CN2CCCN(C(=O)[C@@H](C)NC(=O)/C=C/c3ccccc3)CC2)cc1. The predicted molar refractivity (Wildman–Crippen MR) is 121 cm³/mol. The van der Waals surface area contributed by atoms with Gasteiger partial charge in [0.15, 0.2) is 0 Å². The van der Waals surface area contributed by atoms with Crippen LogP contribution in [-0.4, -0.2) is 53.8 Å². The van der Waals surface area contributed by atoms with Crippen molar-refractivity contribution < 1.29 is 9.59 Å². The van der Waals surface area contributed by atoms with E-state index in [1.54, 1.807) is 13.0 Å². The summed E-state index contributed by atoms with van der Waals surface area (Å²) < 4.78 is 0. The standard InChI is InChI=1S/C25H31N3O2/c1-20-9-11-23(12-10-20)19-27-15-6-16-28(18-17-27)25(30)21(2)26-24(29)14-13-22-7-4-3-5-8-22/h3-5,7-14,21H,6,15-19H2,1-2H3,(H,26,29)/b14-13+/t21-/m1/s1. The lowest BCUT2D eigenvalue weighted by molar-refractivity contribution is -0.135. The van der Waals surface area contributed by atoms with Crippen LogP contribution >= 0.6 is 0 Å². The monoisotopic (exact) mass is 405 g/mol. The maximum atomic E-state index is 12.8. The normalized spacial score (nSPS) is 16.3. The van der Waals surface area contributed by atoms with Crippen molar-refractivity contribution in [2.24, 2.45) is 0 Å². The van der Waals surface area contributed by atoms with Gasteiger partial charge in [-0.25, -0.2) is 0 Å². The lowest BCUT2D eigenvalue weighted by Crippen LogP contribution is -2.47. The molecule has 2 aromatic rings. The molecule has 1 saturated heterocycles. The highest BCUT2D eigenvalue weighted by molar-refractivity contribution is 5.95. The van der Waals surface area contributed by atoms with Crippen LogP contribution in [0.1, 0.15) is 30.0 Å². The van der Waals surface area contributed by atoms with Crippen LogP contribution in [-0.2, 0) is 16.1 Å². The van der Waals surface area contributed by atoms with E-state index in [0.29, 0.717) is 6.54 Å². The predicted octanol–water partition coefficient (Wildman–Crippen LogP) is 3.25. The van der Waals surface area contributed by atoms with E-state index in [4.69, 9.17) is 0 Å². The molecule has 0 spiro atoms. The Balaban J connectivity index is 1.48. The fourth-order valence-electron chi connectivity index (χ4n) is 3.63. The summed E-state index contributed by atoms with van der Waals surface area (Å²) in [5, 5.41) is 2.79. The average molecular weight is 406 g/mol. The van der Waals surface area contributed by atoms with Crippen molar-refractivity contribution in [2.75, 3.05) is 26.2 Å². The molecule has 0 radical (unpaired) electrons. The number of nitrogens with one attached hydrogen (secondary N) is 1. The van der Waals surface area contributed by atoms with Gasteiger partial charge < -0.3 is 10.2 Å². The van der Waals surface area contributed by atoms with Crippen LogP contribution in [0.15, 0.2) is 60.7 Å². The van der Waals surface area contributed by atoms with E-state index >= 15 is 0 Å². The topological polar surface area (TPSA) is 52.6 Å². The molecule has 30 heavy (non-hydrogen) atoms. The highest BCUT2D eigenvalue weighted by atomic mass is 16.2. The van der Waals surface area contributed by atoms with Gasteiger partial charge in [-0.15, -0.1) is 0 Å². The number of benzene rings is 2. The maximum Gasteiger partial charge on any atom is 0.244 e. The van der Waals surface area contributed by atoms with Gasteiger partial charge in [0.1, 0.15) is 6.04 Å². The second-order valence-corrected chi connectivity index (χ2v) is 7.91. The van der Waals surface area contributed by atoms with Crippen molar-refractivity contribution in [3.63, 3.8) is 0 Å². The zero-order valence-electron chi connectivity index (χ0n) is 17.9. The molecule has 0 bridgehead atoms. The minimum atomic E-state index is -0.540. The van der Waals surface area contributed by atoms with Crippen LogP contribution in [0.3, 0.4) is 0 Å². The molecule has 3 rings (SSSR count). The second kappa shape index (κ2) is 10.7. The lowest BCUT2D eigenvalue weighted by Gasteiger charge is -2.25. The third-order valence-corrected chi connectivity index (χ3v) is 5.38. The van der Waals surface area contributed by atoms with Gasteiger partial charge in [-0.3, -0.25) is 14.5 Å². The van der Waals surface area contributed by atoms with Gasteiger partial charge in [-0.2, -0.15) is 0 Å². The van der Waals surface area contributed by atoms with Crippen molar-refractivity contribution in [1.29, 1.82) is 0 Å². The first kappa shape index (κ1) is 21.8. The smallest absolute Gasteiger partial charge is 0.244 e. The molecule has 0 unspecified atom stereocenters. The molecule has 1 aliphatic heterocycles. The summed E-state index contributed by atoms with van der Waals surface area (Å²) in [6.45, 7) is 7.97. The van der Waals surface area contributed by atoms with Gasteiger partial charge >= 0.3 is 0 Å².